The quantitative estimate of drug-likeness (QED) is 0.0261. The number of hydrogen-bond acceptors (Lipinski definition) is 6. The number of rotatable bonds is 58. The summed E-state index contributed by atoms with van der Waals surface area (Å²) in [7, 11) is 0. The van der Waals surface area contributed by atoms with Crippen molar-refractivity contribution in [1.82, 2.24) is 0 Å². The molecule has 0 aliphatic heterocycles. The molecule has 0 amide bonds. The number of carbonyl (C=O) groups excluding carboxylic acids is 3. The Hall–Kier alpha value is -2.89. The Morgan fingerprint density at radius 2 is 0.493 bits per heavy atom. The molecule has 1 atom stereocenters. The highest BCUT2D eigenvalue weighted by Gasteiger charge is 2.19. The van der Waals surface area contributed by atoms with Crippen molar-refractivity contribution in [3.63, 3.8) is 0 Å². The Kier molecular flexibility index (Phi) is 59.2. The molecule has 73 heavy (non-hydrogen) atoms. The van der Waals surface area contributed by atoms with Crippen LogP contribution in [0.15, 0.2) is 60.8 Å². The SMILES string of the molecule is CCCCCCC/C=C\C/C=C\C/C=C\CCCCCCCCCCCCC(=O)OCC(COC(=O)CCCCCCCCCCC)OC(=O)CCCCCCCCCCC/C=C\C/C=C\CCCCCCC. The van der Waals surface area contributed by atoms with Crippen molar-refractivity contribution < 1.29 is 28.6 Å². The summed E-state index contributed by atoms with van der Waals surface area (Å²) in [6.07, 6.45) is 78.0. The monoisotopic (exact) mass is 1020 g/mol. The molecule has 0 aromatic carbocycles. The molecule has 0 aromatic rings. The normalized spacial score (nSPS) is 12.4. The van der Waals surface area contributed by atoms with Gasteiger partial charge in [-0.2, -0.15) is 0 Å². The third-order valence-electron chi connectivity index (χ3n) is 14.0. The van der Waals surface area contributed by atoms with E-state index in [0.29, 0.717) is 19.3 Å². The molecule has 6 nitrogen and oxygen atoms in total. The van der Waals surface area contributed by atoms with E-state index in [2.05, 4.69) is 81.5 Å². The van der Waals surface area contributed by atoms with Gasteiger partial charge in [-0.3, -0.25) is 14.4 Å². The zero-order chi connectivity index (χ0) is 52.9. The van der Waals surface area contributed by atoms with E-state index in [9.17, 15) is 14.4 Å². The lowest BCUT2D eigenvalue weighted by Crippen LogP contribution is -2.30. The Balaban J connectivity index is 4.22. The molecular formula is C67H120O6. The molecule has 424 valence electrons. The minimum absolute atomic E-state index is 0.0745. The molecule has 0 fully saturated rings. The molecule has 0 saturated heterocycles. The third kappa shape index (κ3) is 59.9. The van der Waals surface area contributed by atoms with Crippen molar-refractivity contribution in [2.24, 2.45) is 0 Å². The van der Waals surface area contributed by atoms with E-state index in [4.69, 9.17) is 14.2 Å². The smallest absolute Gasteiger partial charge is 0.306 e. The zero-order valence-electron chi connectivity index (χ0n) is 48.7. The molecule has 0 spiro atoms. The van der Waals surface area contributed by atoms with Crippen LogP contribution in [0.5, 0.6) is 0 Å². The molecule has 0 aliphatic carbocycles. The van der Waals surface area contributed by atoms with E-state index in [-0.39, 0.29) is 31.1 Å². The van der Waals surface area contributed by atoms with Gasteiger partial charge in [-0.15, -0.1) is 0 Å². The van der Waals surface area contributed by atoms with Crippen LogP contribution in [0.25, 0.3) is 0 Å². The molecule has 0 bridgehead atoms. The topological polar surface area (TPSA) is 78.9 Å². The van der Waals surface area contributed by atoms with Crippen molar-refractivity contribution in [2.45, 2.75) is 335 Å². The first-order chi connectivity index (χ1) is 36.0. The number of ether oxygens (including phenoxy) is 3. The molecular weight excluding hydrogens is 901 g/mol. The summed E-state index contributed by atoms with van der Waals surface area (Å²) < 4.78 is 16.9. The standard InChI is InChI=1S/C67H120O6/c1-4-7-10-13-16-19-21-23-25-27-29-31-32-33-34-36-37-39-41-43-45-48-51-54-57-60-66(69)72-63-64(62-71-65(68)59-56-53-50-47-18-15-12-9-6-3)73-67(70)61-58-55-52-49-46-44-42-40-38-35-30-28-26-24-22-20-17-14-11-8-5-2/h21-24,27-30,32-33,64H,4-20,25-26,31,34-63H2,1-3H3/b23-21-,24-22-,29-27-,30-28-,33-32-. The lowest BCUT2D eigenvalue weighted by atomic mass is 10.0. The molecule has 0 heterocycles. The van der Waals surface area contributed by atoms with Crippen molar-refractivity contribution in [3.05, 3.63) is 60.8 Å². The number of carbonyl (C=O) groups is 3. The van der Waals surface area contributed by atoms with Gasteiger partial charge < -0.3 is 14.2 Å². The van der Waals surface area contributed by atoms with Crippen LogP contribution in [0, 0.1) is 0 Å². The summed E-state index contributed by atoms with van der Waals surface area (Å²) in [5, 5.41) is 0. The van der Waals surface area contributed by atoms with Gasteiger partial charge in [0.2, 0.25) is 0 Å². The highest BCUT2D eigenvalue weighted by molar-refractivity contribution is 5.71. The van der Waals surface area contributed by atoms with Crippen molar-refractivity contribution in [3.8, 4) is 0 Å². The maximum absolute atomic E-state index is 12.9. The zero-order valence-corrected chi connectivity index (χ0v) is 48.7. The maximum Gasteiger partial charge on any atom is 0.306 e. The Labute approximate surface area is 453 Å². The molecule has 0 aromatic heterocycles. The second kappa shape index (κ2) is 61.7. The predicted octanol–water partition coefficient (Wildman–Crippen LogP) is 21.6. The number of allylic oxidation sites excluding steroid dienone is 10. The van der Waals surface area contributed by atoms with E-state index in [1.165, 1.54) is 212 Å². The van der Waals surface area contributed by atoms with E-state index in [1.54, 1.807) is 0 Å². The molecule has 0 N–H and O–H groups in total. The van der Waals surface area contributed by atoms with Gasteiger partial charge in [0.1, 0.15) is 13.2 Å². The lowest BCUT2D eigenvalue weighted by Gasteiger charge is -2.18. The second-order valence-corrected chi connectivity index (χ2v) is 21.3. The first-order valence-corrected chi connectivity index (χ1v) is 31.8. The van der Waals surface area contributed by atoms with E-state index in [1.807, 2.05) is 0 Å². The van der Waals surface area contributed by atoms with Crippen LogP contribution in [-0.4, -0.2) is 37.2 Å². The summed E-state index contributed by atoms with van der Waals surface area (Å²) in [6, 6.07) is 0. The lowest BCUT2D eigenvalue weighted by molar-refractivity contribution is -0.167. The van der Waals surface area contributed by atoms with Gasteiger partial charge in [-0.1, -0.05) is 281 Å². The second-order valence-electron chi connectivity index (χ2n) is 21.3. The first-order valence-electron chi connectivity index (χ1n) is 31.8. The molecule has 1 unspecified atom stereocenters. The number of hydrogen-bond donors (Lipinski definition) is 0. The van der Waals surface area contributed by atoms with Crippen molar-refractivity contribution in [1.29, 1.82) is 0 Å². The highest BCUT2D eigenvalue weighted by Crippen LogP contribution is 2.16. The molecule has 0 radical (unpaired) electrons. The van der Waals surface area contributed by atoms with Gasteiger partial charge in [-0.05, 0) is 89.9 Å². The molecule has 0 rings (SSSR count). The van der Waals surface area contributed by atoms with Crippen molar-refractivity contribution in [2.75, 3.05) is 13.2 Å². The summed E-state index contributed by atoms with van der Waals surface area (Å²) in [5.41, 5.74) is 0. The predicted molar refractivity (Wildman–Crippen MR) is 316 cm³/mol. The molecule has 0 saturated carbocycles. The van der Waals surface area contributed by atoms with Gasteiger partial charge in [0.05, 0.1) is 0 Å². The third-order valence-corrected chi connectivity index (χ3v) is 14.0. The fourth-order valence-electron chi connectivity index (χ4n) is 9.19. The van der Waals surface area contributed by atoms with Gasteiger partial charge in [0.25, 0.3) is 0 Å². The van der Waals surface area contributed by atoms with Crippen LogP contribution in [0.4, 0.5) is 0 Å². The van der Waals surface area contributed by atoms with Crippen LogP contribution in [-0.2, 0) is 28.6 Å². The maximum atomic E-state index is 12.9. The van der Waals surface area contributed by atoms with Gasteiger partial charge >= 0.3 is 17.9 Å². The van der Waals surface area contributed by atoms with E-state index in [0.717, 1.165) is 77.0 Å². The average molecular weight is 1020 g/mol. The Morgan fingerprint density at radius 3 is 0.767 bits per heavy atom. The highest BCUT2D eigenvalue weighted by atomic mass is 16.6. The fourth-order valence-corrected chi connectivity index (χ4v) is 9.19. The first kappa shape index (κ1) is 70.1. The van der Waals surface area contributed by atoms with Crippen LogP contribution in [0.3, 0.4) is 0 Å². The van der Waals surface area contributed by atoms with E-state index >= 15 is 0 Å². The van der Waals surface area contributed by atoms with Crippen LogP contribution < -0.4 is 0 Å². The largest absolute Gasteiger partial charge is 0.462 e. The van der Waals surface area contributed by atoms with Crippen LogP contribution in [0.1, 0.15) is 329 Å². The van der Waals surface area contributed by atoms with Gasteiger partial charge in [-0.25, -0.2) is 0 Å². The Bertz CT molecular complexity index is 1310. The number of unbranched alkanes of at least 4 members (excludes halogenated alkanes) is 37. The average Bonchev–Trinajstić information content (AvgIpc) is 3.39. The summed E-state index contributed by atoms with van der Waals surface area (Å²) >= 11 is 0. The van der Waals surface area contributed by atoms with Gasteiger partial charge in [0.15, 0.2) is 6.10 Å². The minimum atomic E-state index is -0.776. The van der Waals surface area contributed by atoms with Gasteiger partial charge in [0, 0.05) is 19.3 Å². The minimum Gasteiger partial charge on any atom is -0.462 e. The molecule has 0 aliphatic rings. The Morgan fingerprint density at radius 1 is 0.274 bits per heavy atom. The van der Waals surface area contributed by atoms with Crippen LogP contribution in [0.2, 0.25) is 0 Å². The fraction of sp³-hybridized carbons (Fsp3) is 0.806. The summed E-state index contributed by atoms with van der Waals surface area (Å²) in [5.74, 6) is -0.871. The van der Waals surface area contributed by atoms with Crippen molar-refractivity contribution >= 4 is 17.9 Å². The summed E-state index contributed by atoms with van der Waals surface area (Å²) in [4.78, 5) is 38.2. The molecule has 6 heteroatoms. The number of esters is 3. The van der Waals surface area contributed by atoms with E-state index < -0.39 is 6.10 Å². The summed E-state index contributed by atoms with van der Waals surface area (Å²) in [6.45, 7) is 6.63. The van der Waals surface area contributed by atoms with Crippen LogP contribution >= 0.6 is 0 Å².